The van der Waals surface area contributed by atoms with Gasteiger partial charge in [-0.1, -0.05) is 20.8 Å². The zero-order valence-electron chi connectivity index (χ0n) is 20.5. The zero-order valence-corrected chi connectivity index (χ0v) is 21.3. The van der Waals surface area contributed by atoms with E-state index in [4.69, 9.17) is 0 Å². The van der Waals surface area contributed by atoms with Crippen molar-refractivity contribution >= 4 is 21.6 Å². The molecule has 0 spiro atoms. The lowest BCUT2D eigenvalue weighted by Gasteiger charge is -2.33. The first-order valence-corrected chi connectivity index (χ1v) is 13.2. The summed E-state index contributed by atoms with van der Waals surface area (Å²) in [4.78, 5) is 15.0. The topological polar surface area (TPSA) is 87.5 Å². The summed E-state index contributed by atoms with van der Waals surface area (Å²) in [5.41, 5.74) is 3.80. The molecule has 8 nitrogen and oxygen atoms in total. The average Bonchev–Trinajstić information content (AvgIpc) is 3.04. The van der Waals surface area contributed by atoms with Gasteiger partial charge in [-0.25, -0.2) is 8.42 Å². The summed E-state index contributed by atoms with van der Waals surface area (Å²) >= 11 is 0. The van der Waals surface area contributed by atoms with Crippen LogP contribution in [0.1, 0.15) is 44.1 Å². The first-order valence-electron chi connectivity index (χ1n) is 11.8. The van der Waals surface area contributed by atoms with Crippen LogP contribution in [0.25, 0.3) is 0 Å². The molecule has 0 radical (unpaired) electrons. The van der Waals surface area contributed by atoms with E-state index in [1.807, 2.05) is 11.6 Å². The number of aryl methyl sites for hydroxylation is 1. The molecular formula is C24H37N5O3S. The number of nitrogens with one attached hydrogen (secondary N) is 1. The summed E-state index contributed by atoms with van der Waals surface area (Å²) < 4.78 is 29.4. The Kier molecular flexibility index (Phi) is 8.31. The number of likely N-dealkylation sites (N-methyl/N-ethyl adjacent to an activating group) is 1. The smallest absolute Gasteiger partial charge is 0.243 e. The lowest BCUT2D eigenvalue weighted by atomic mass is 10.1. The highest BCUT2D eigenvalue weighted by Gasteiger charge is 2.28. The molecule has 0 bridgehead atoms. The molecule has 1 fully saturated rings. The van der Waals surface area contributed by atoms with E-state index in [9.17, 15) is 13.2 Å². The number of aromatic nitrogens is 2. The number of hydrogen-bond acceptors (Lipinski definition) is 5. The predicted molar refractivity (Wildman–Crippen MR) is 131 cm³/mol. The van der Waals surface area contributed by atoms with Crippen molar-refractivity contribution in [2.45, 2.75) is 58.9 Å². The summed E-state index contributed by atoms with van der Waals surface area (Å²) in [6, 6.07) is 6.46. The van der Waals surface area contributed by atoms with E-state index in [1.54, 1.807) is 24.3 Å². The highest BCUT2D eigenvalue weighted by molar-refractivity contribution is 7.89. The molecule has 0 saturated carbocycles. The second-order valence-electron chi connectivity index (χ2n) is 9.14. The van der Waals surface area contributed by atoms with Crippen molar-refractivity contribution in [3.63, 3.8) is 0 Å². The minimum Gasteiger partial charge on any atom is -0.326 e. The van der Waals surface area contributed by atoms with Gasteiger partial charge in [-0.15, -0.1) is 0 Å². The molecule has 3 rings (SSSR count). The van der Waals surface area contributed by atoms with E-state index in [0.717, 1.165) is 43.1 Å². The van der Waals surface area contributed by atoms with Crippen LogP contribution < -0.4 is 5.32 Å². The van der Waals surface area contributed by atoms with E-state index in [2.05, 4.69) is 43.0 Å². The minimum atomic E-state index is -3.52. The number of carbonyl (C=O) groups excluding carboxylic acids is 1. The Balaban J connectivity index is 1.57. The number of rotatable bonds is 9. The molecule has 1 saturated heterocycles. The van der Waals surface area contributed by atoms with Crippen LogP contribution in [0.4, 0.5) is 5.69 Å². The van der Waals surface area contributed by atoms with Crippen molar-refractivity contribution < 1.29 is 13.2 Å². The second kappa shape index (κ2) is 10.8. The number of anilines is 1. The van der Waals surface area contributed by atoms with E-state index < -0.39 is 10.0 Å². The maximum atomic E-state index is 12.9. The van der Waals surface area contributed by atoms with Crippen LogP contribution >= 0.6 is 0 Å². The summed E-state index contributed by atoms with van der Waals surface area (Å²) in [5.74, 6) is 0.406. The fraction of sp³-hybridized carbons (Fsp3) is 0.583. The maximum absolute atomic E-state index is 12.9. The molecule has 182 valence electrons. The SMILES string of the molecule is CCN1CCN(S(=O)(=O)c2ccc(NC(=O)CCc3c(C)nn(CC(C)C)c3C)cc2)CC1. The number of nitrogens with zero attached hydrogens (tertiary/aromatic N) is 4. The van der Waals surface area contributed by atoms with Gasteiger partial charge in [0.15, 0.2) is 0 Å². The molecule has 2 heterocycles. The Morgan fingerprint density at radius 3 is 2.30 bits per heavy atom. The van der Waals surface area contributed by atoms with E-state index in [-0.39, 0.29) is 10.8 Å². The molecule has 1 aliphatic rings. The highest BCUT2D eigenvalue weighted by Crippen LogP contribution is 2.21. The van der Waals surface area contributed by atoms with Gasteiger partial charge in [0.1, 0.15) is 0 Å². The van der Waals surface area contributed by atoms with Crippen molar-refractivity contribution in [1.82, 2.24) is 19.0 Å². The Bertz CT molecular complexity index is 1050. The monoisotopic (exact) mass is 475 g/mol. The summed E-state index contributed by atoms with van der Waals surface area (Å²) in [7, 11) is -3.52. The molecule has 0 atom stereocenters. The van der Waals surface area contributed by atoms with Gasteiger partial charge in [0.2, 0.25) is 15.9 Å². The highest BCUT2D eigenvalue weighted by atomic mass is 32.2. The van der Waals surface area contributed by atoms with Gasteiger partial charge in [0, 0.05) is 50.5 Å². The molecule has 1 aromatic heterocycles. The number of hydrogen-bond donors (Lipinski definition) is 1. The molecule has 1 N–H and O–H groups in total. The molecule has 2 aromatic rings. The van der Waals surface area contributed by atoms with Crippen molar-refractivity contribution in [2.75, 3.05) is 38.0 Å². The van der Waals surface area contributed by atoms with E-state index >= 15 is 0 Å². The molecule has 9 heteroatoms. The van der Waals surface area contributed by atoms with Crippen LogP contribution in [-0.4, -0.2) is 66.0 Å². The molecule has 1 aliphatic heterocycles. The fourth-order valence-electron chi connectivity index (χ4n) is 4.23. The van der Waals surface area contributed by atoms with Crippen molar-refractivity contribution in [3.8, 4) is 0 Å². The van der Waals surface area contributed by atoms with E-state index in [0.29, 0.717) is 37.5 Å². The number of benzene rings is 1. The summed E-state index contributed by atoms with van der Waals surface area (Å²) in [6.07, 6.45) is 0.967. The molecular weight excluding hydrogens is 438 g/mol. The molecule has 33 heavy (non-hydrogen) atoms. The van der Waals surface area contributed by atoms with Gasteiger partial charge in [0.25, 0.3) is 0 Å². The van der Waals surface area contributed by atoms with Crippen molar-refractivity contribution in [1.29, 1.82) is 0 Å². The van der Waals surface area contributed by atoms with Gasteiger partial charge in [0.05, 0.1) is 10.6 Å². The van der Waals surface area contributed by atoms with Gasteiger partial charge < -0.3 is 10.2 Å². The summed E-state index contributed by atoms with van der Waals surface area (Å²) in [6.45, 7) is 14.7. The third kappa shape index (κ3) is 6.22. The first-order chi connectivity index (χ1) is 15.6. The molecule has 0 aliphatic carbocycles. The fourth-order valence-corrected chi connectivity index (χ4v) is 5.65. The van der Waals surface area contributed by atoms with Gasteiger partial charge >= 0.3 is 0 Å². The Labute approximate surface area is 198 Å². The number of carbonyl (C=O) groups is 1. The average molecular weight is 476 g/mol. The van der Waals surface area contributed by atoms with Crippen LogP contribution in [-0.2, 0) is 27.8 Å². The van der Waals surface area contributed by atoms with Crippen molar-refractivity contribution in [3.05, 3.63) is 41.2 Å². The Morgan fingerprint density at radius 2 is 1.73 bits per heavy atom. The lowest BCUT2D eigenvalue weighted by Crippen LogP contribution is -2.48. The second-order valence-corrected chi connectivity index (χ2v) is 11.1. The van der Waals surface area contributed by atoms with Gasteiger partial charge in [-0.3, -0.25) is 9.48 Å². The van der Waals surface area contributed by atoms with Crippen LogP contribution in [0.3, 0.4) is 0 Å². The van der Waals surface area contributed by atoms with E-state index in [1.165, 1.54) is 4.31 Å². The Hall–Kier alpha value is -2.23. The Morgan fingerprint density at radius 1 is 1.09 bits per heavy atom. The van der Waals surface area contributed by atoms with Crippen LogP contribution in [0.2, 0.25) is 0 Å². The zero-order chi connectivity index (χ0) is 24.2. The molecule has 0 unspecified atom stereocenters. The molecule has 1 amide bonds. The predicted octanol–water partition coefficient (Wildman–Crippen LogP) is 3.05. The van der Waals surface area contributed by atoms with Crippen LogP contribution in [0.5, 0.6) is 0 Å². The van der Waals surface area contributed by atoms with Crippen molar-refractivity contribution in [2.24, 2.45) is 5.92 Å². The third-order valence-electron chi connectivity index (χ3n) is 6.23. The largest absolute Gasteiger partial charge is 0.326 e. The van der Waals surface area contributed by atoms with Gasteiger partial charge in [-0.05, 0) is 62.6 Å². The number of amides is 1. The third-order valence-corrected chi connectivity index (χ3v) is 8.14. The van der Waals surface area contributed by atoms with Crippen LogP contribution in [0, 0.1) is 19.8 Å². The minimum absolute atomic E-state index is 0.100. The maximum Gasteiger partial charge on any atom is 0.243 e. The van der Waals surface area contributed by atoms with Gasteiger partial charge in [-0.2, -0.15) is 9.40 Å². The lowest BCUT2D eigenvalue weighted by molar-refractivity contribution is -0.116. The normalized spacial score (nSPS) is 15.8. The van der Waals surface area contributed by atoms with Crippen LogP contribution in [0.15, 0.2) is 29.2 Å². The summed E-state index contributed by atoms with van der Waals surface area (Å²) in [5, 5.41) is 7.49. The number of piperazine rings is 1. The molecule has 1 aromatic carbocycles. The first kappa shape index (κ1) is 25.4. The standard InChI is InChI=1S/C24H37N5O3S/c1-6-27-13-15-28(16-14-27)33(31,32)22-9-7-21(8-10-22)25-24(30)12-11-23-19(4)26-29(20(23)5)17-18(2)3/h7-10,18H,6,11-17H2,1-5H3,(H,25,30). The number of sulfonamides is 1. The quantitative estimate of drug-likeness (QED) is 0.602.